The Hall–Kier alpha value is -3.71. The number of carbonyl (C=O) groups excluding carboxylic acids is 1. The second kappa shape index (κ2) is 9.62. The van der Waals surface area contributed by atoms with E-state index in [2.05, 4.69) is 5.32 Å². The van der Waals surface area contributed by atoms with Crippen molar-refractivity contribution in [3.63, 3.8) is 0 Å². The minimum absolute atomic E-state index is 0.242. The van der Waals surface area contributed by atoms with Crippen LogP contribution in [0.25, 0.3) is 21.8 Å². The van der Waals surface area contributed by atoms with Gasteiger partial charge < -0.3 is 14.8 Å². The quantitative estimate of drug-likeness (QED) is 0.402. The van der Waals surface area contributed by atoms with Gasteiger partial charge in [0.05, 0.1) is 19.9 Å². The summed E-state index contributed by atoms with van der Waals surface area (Å²) in [6, 6.07) is 19.1. The van der Waals surface area contributed by atoms with E-state index in [9.17, 15) is 9.18 Å². The third-order valence-corrected chi connectivity index (χ3v) is 5.84. The van der Waals surface area contributed by atoms with Crippen molar-refractivity contribution < 1.29 is 18.7 Å². The van der Waals surface area contributed by atoms with E-state index in [1.54, 1.807) is 25.6 Å². The molecule has 0 spiro atoms. The molecule has 4 rings (SSSR count). The van der Waals surface area contributed by atoms with E-state index in [4.69, 9.17) is 14.5 Å². The van der Waals surface area contributed by atoms with Gasteiger partial charge in [0.15, 0.2) is 11.5 Å². The van der Waals surface area contributed by atoms with Gasteiger partial charge in [0.1, 0.15) is 10.8 Å². The fourth-order valence-electron chi connectivity index (χ4n) is 3.19. The smallest absolute Gasteiger partial charge is 0.251 e. The first-order chi connectivity index (χ1) is 15.6. The maximum atomic E-state index is 13.0. The van der Waals surface area contributed by atoms with Crippen LogP contribution < -0.4 is 14.8 Å². The lowest BCUT2D eigenvalue weighted by molar-refractivity contribution is 0.0951. The molecular weight excluding hydrogens is 427 g/mol. The Labute approximate surface area is 189 Å². The molecule has 0 radical (unpaired) electrons. The summed E-state index contributed by atoms with van der Waals surface area (Å²) in [6.45, 7) is 0.380. The number of aromatic nitrogens is 1. The molecule has 0 atom stereocenters. The van der Waals surface area contributed by atoms with Crippen LogP contribution in [0.1, 0.15) is 15.9 Å². The van der Waals surface area contributed by atoms with Gasteiger partial charge in [-0.25, -0.2) is 9.37 Å². The number of rotatable bonds is 7. The van der Waals surface area contributed by atoms with E-state index in [0.29, 0.717) is 23.6 Å². The van der Waals surface area contributed by atoms with E-state index in [0.717, 1.165) is 27.4 Å². The van der Waals surface area contributed by atoms with Crippen molar-refractivity contribution in [1.82, 2.24) is 10.3 Å². The summed E-state index contributed by atoms with van der Waals surface area (Å²) in [4.78, 5) is 16.9. The van der Waals surface area contributed by atoms with Gasteiger partial charge in [-0.15, -0.1) is 11.3 Å². The van der Waals surface area contributed by atoms with E-state index < -0.39 is 0 Å². The number of benzene rings is 3. The van der Waals surface area contributed by atoms with Crippen LogP contribution >= 0.6 is 11.3 Å². The number of ether oxygens (including phenoxy) is 2. The fourth-order valence-corrected chi connectivity index (χ4v) is 4.02. The molecule has 0 bridgehead atoms. The molecule has 32 heavy (non-hydrogen) atoms. The summed E-state index contributed by atoms with van der Waals surface area (Å²) in [7, 11) is 3.22. The first-order valence-electron chi connectivity index (χ1n) is 9.88. The van der Waals surface area contributed by atoms with Crippen molar-refractivity contribution in [2.45, 2.75) is 6.54 Å². The first-order valence-corrected chi connectivity index (χ1v) is 10.8. The van der Waals surface area contributed by atoms with Crippen molar-refractivity contribution in [1.29, 1.82) is 0 Å². The van der Waals surface area contributed by atoms with Gasteiger partial charge >= 0.3 is 0 Å². The standard InChI is InChI=1S/C25H21FN2O3S/c1-30-22-12-9-19(13-23(22)31-2)21-15-32-25(28-21)18-5-3-16(4-6-18)14-27-24(29)17-7-10-20(26)11-8-17/h3-13,15H,14H2,1-2H3,(H,27,29). The highest BCUT2D eigenvalue weighted by Gasteiger charge is 2.11. The van der Waals surface area contributed by atoms with Gasteiger partial charge in [-0.2, -0.15) is 0 Å². The Balaban J connectivity index is 1.43. The largest absolute Gasteiger partial charge is 0.493 e. The Kier molecular flexibility index (Phi) is 6.47. The molecule has 0 fully saturated rings. The molecule has 0 aliphatic heterocycles. The Bertz CT molecular complexity index is 1220. The van der Waals surface area contributed by atoms with Crippen LogP contribution in [0, 0.1) is 5.82 Å². The van der Waals surface area contributed by atoms with Gasteiger partial charge in [0, 0.05) is 28.6 Å². The monoisotopic (exact) mass is 448 g/mol. The SMILES string of the molecule is COc1ccc(-c2csc(-c3ccc(CNC(=O)c4ccc(F)cc4)cc3)n2)cc1OC. The Morgan fingerprint density at radius 2 is 1.62 bits per heavy atom. The van der Waals surface area contributed by atoms with Crippen LogP contribution in [0.4, 0.5) is 4.39 Å². The molecule has 0 saturated carbocycles. The highest BCUT2D eigenvalue weighted by molar-refractivity contribution is 7.13. The minimum Gasteiger partial charge on any atom is -0.493 e. The number of methoxy groups -OCH3 is 2. The van der Waals surface area contributed by atoms with Crippen LogP contribution in [0.15, 0.2) is 72.1 Å². The molecule has 0 aliphatic rings. The van der Waals surface area contributed by atoms with Crippen molar-refractivity contribution >= 4 is 17.2 Å². The lowest BCUT2D eigenvalue weighted by Crippen LogP contribution is -2.22. The predicted octanol–water partition coefficient (Wildman–Crippen LogP) is 5.56. The maximum Gasteiger partial charge on any atom is 0.251 e. The summed E-state index contributed by atoms with van der Waals surface area (Å²) in [5, 5.41) is 5.75. The molecule has 0 aliphatic carbocycles. The summed E-state index contributed by atoms with van der Waals surface area (Å²) in [6.07, 6.45) is 0. The molecule has 7 heteroatoms. The number of carbonyl (C=O) groups is 1. The van der Waals surface area contributed by atoms with Crippen molar-refractivity contribution in [2.75, 3.05) is 14.2 Å². The molecule has 3 aromatic carbocycles. The highest BCUT2D eigenvalue weighted by atomic mass is 32.1. The predicted molar refractivity (Wildman–Crippen MR) is 124 cm³/mol. The maximum absolute atomic E-state index is 13.0. The second-order valence-corrected chi connectivity index (χ2v) is 7.85. The summed E-state index contributed by atoms with van der Waals surface area (Å²) >= 11 is 1.56. The average Bonchev–Trinajstić information content (AvgIpc) is 3.33. The average molecular weight is 449 g/mol. The molecule has 0 saturated heterocycles. The van der Waals surface area contributed by atoms with Gasteiger partial charge in [-0.1, -0.05) is 24.3 Å². The van der Waals surface area contributed by atoms with E-state index in [-0.39, 0.29) is 11.7 Å². The zero-order valence-electron chi connectivity index (χ0n) is 17.6. The molecule has 1 N–H and O–H groups in total. The molecule has 162 valence electrons. The number of nitrogens with one attached hydrogen (secondary N) is 1. The minimum atomic E-state index is -0.367. The lowest BCUT2D eigenvalue weighted by atomic mass is 10.1. The number of thiazole rings is 1. The number of amides is 1. The van der Waals surface area contributed by atoms with Crippen LogP contribution in [0.3, 0.4) is 0 Å². The summed E-state index contributed by atoms with van der Waals surface area (Å²) in [5.74, 6) is 0.725. The van der Waals surface area contributed by atoms with Gasteiger partial charge in [-0.3, -0.25) is 4.79 Å². The number of hydrogen-bond donors (Lipinski definition) is 1. The Morgan fingerprint density at radius 3 is 2.31 bits per heavy atom. The highest BCUT2D eigenvalue weighted by Crippen LogP contribution is 2.34. The van der Waals surface area contributed by atoms with Gasteiger partial charge in [-0.05, 0) is 48.0 Å². The normalized spacial score (nSPS) is 10.6. The topological polar surface area (TPSA) is 60.5 Å². The first kappa shape index (κ1) is 21.5. The molecule has 4 aromatic rings. The molecule has 1 amide bonds. The van der Waals surface area contributed by atoms with Gasteiger partial charge in [0.2, 0.25) is 0 Å². The molecule has 1 heterocycles. The number of halogens is 1. The van der Waals surface area contributed by atoms with Crippen LogP contribution in [-0.4, -0.2) is 25.1 Å². The van der Waals surface area contributed by atoms with E-state index >= 15 is 0 Å². The number of hydrogen-bond acceptors (Lipinski definition) is 5. The molecular formula is C25H21FN2O3S. The molecule has 0 unspecified atom stereocenters. The van der Waals surface area contributed by atoms with Crippen LogP contribution in [-0.2, 0) is 6.54 Å². The van der Waals surface area contributed by atoms with Crippen molar-refractivity contribution in [2.24, 2.45) is 0 Å². The third kappa shape index (κ3) is 4.78. The summed E-state index contributed by atoms with van der Waals surface area (Å²) < 4.78 is 23.7. The zero-order chi connectivity index (χ0) is 22.5. The van der Waals surface area contributed by atoms with Crippen LogP contribution in [0.2, 0.25) is 0 Å². The molecule has 1 aromatic heterocycles. The van der Waals surface area contributed by atoms with Gasteiger partial charge in [0.25, 0.3) is 5.91 Å². The second-order valence-electron chi connectivity index (χ2n) is 6.99. The van der Waals surface area contributed by atoms with Crippen LogP contribution in [0.5, 0.6) is 11.5 Å². The lowest BCUT2D eigenvalue weighted by Gasteiger charge is -2.08. The van der Waals surface area contributed by atoms with Crippen molar-refractivity contribution in [3.05, 3.63) is 89.1 Å². The van der Waals surface area contributed by atoms with Crippen molar-refractivity contribution in [3.8, 4) is 33.3 Å². The number of nitrogens with zero attached hydrogens (tertiary/aromatic N) is 1. The third-order valence-electron chi connectivity index (χ3n) is 4.94. The molecule has 5 nitrogen and oxygen atoms in total. The Morgan fingerprint density at radius 1 is 0.938 bits per heavy atom. The zero-order valence-corrected chi connectivity index (χ0v) is 18.4. The van der Waals surface area contributed by atoms with E-state index in [1.807, 2.05) is 47.8 Å². The summed E-state index contributed by atoms with van der Waals surface area (Å²) in [5.41, 5.74) is 4.19. The fraction of sp³-hybridized carbons (Fsp3) is 0.120. The van der Waals surface area contributed by atoms with E-state index in [1.165, 1.54) is 24.3 Å².